The summed E-state index contributed by atoms with van der Waals surface area (Å²) in [6.45, 7) is 6.18. The van der Waals surface area contributed by atoms with Crippen LogP contribution >= 0.6 is 0 Å². The van der Waals surface area contributed by atoms with E-state index in [4.69, 9.17) is 4.55 Å². The molecule has 1 unspecified atom stereocenters. The molecule has 0 aromatic rings. The highest BCUT2D eigenvalue weighted by atomic mass is 32.2. The minimum Gasteiger partial charge on any atom is -0.386 e. The summed E-state index contributed by atoms with van der Waals surface area (Å²) in [5.41, 5.74) is 0. The lowest BCUT2D eigenvalue weighted by molar-refractivity contribution is -0.777. The van der Waals surface area contributed by atoms with E-state index in [-0.39, 0.29) is 11.0 Å². The number of hydrogen-bond donors (Lipinski definition) is 2. The fourth-order valence-corrected chi connectivity index (χ4v) is 2.49. The van der Waals surface area contributed by atoms with Crippen LogP contribution in [0.15, 0.2) is 36.8 Å². The van der Waals surface area contributed by atoms with Gasteiger partial charge in [0, 0.05) is 0 Å². The van der Waals surface area contributed by atoms with E-state index in [9.17, 15) is 13.5 Å². The van der Waals surface area contributed by atoms with Crippen molar-refractivity contribution < 1.29 is 22.6 Å². The van der Waals surface area contributed by atoms with Crippen LogP contribution in [0, 0.1) is 0 Å². The van der Waals surface area contributed by atoms with Crippen molar-refractivity contribution in [1.82, 2.24) is 0 Å². The molecule has 0 amide bonds. The highest BCUT2D eigenvalue weighted by Crippen LogP contribution is 2.16. The van der Waals surface area contributed by atoms with Gasteiger partial charge in [-0.3, -0.25) is 4.55 Å². The summed E-state index contributed by atoms with van der Waals surface area (Å²) in [5, 5.41) is 9.96. The van der Waals surface area contributed by atoms with E-state index in [1.165, 1.54) is 0 Å². The van der Waals surface area contributed by atoms with Gasteiger partial charge in [0.2, 0.25) is 0 Å². The van der Waals surface area contributed by atoms with E-state index in [2.05, 4.69) is 0 Å². The van der Waals surface area contributed by atoms with Crippen molar-refractivity contribution >= 4 is 10.1 Å². The molecule has 0 radical (unpaired) electrons. The molecule has 6 heteroatoms. The van der Waals surface area contributed by atoms with Crippen LogP contribution in [0.2, 0.25) is 0 Å². The van der Waals surface area contributed by atoms with Gasteiger partial charge in [0.05, 0.1) is 0 Å². The first-order valence-electron chi connectivity index (χ1n) is 7.32. The van der Waals surface area contributed by atoms with Crippen LogP contribution < -0.4 is 0 Å². The molecule has 2 N–H and O–H groups in total. The van der Waals surface area contributed by atoms with Gasteiger partial charge in [-0.25, -0.2) is 4.48 Å². The summed E-state index contributed by atoms with van der Waals surface area (Å²) in [7, 11) is -4.19. The molecular weight excluding hydrogens is 290 g/mol. The van der Waals surface area contributed by atoms with E-state index < -0.39 is 22.0 Å². The molecule has 5 nitrogen and oxygen atoms in total. The zero-order chi connectivity index (χ0) is 16.4. The molecule has 0 aliphatic heterocycles. The number of allylic oxidation sites excluding steroid dienone is 3. The van der Waals surface area contributed by atoms with Gasteiger partial charge in [-0.05, 0) is 37.5 Å². The first kappa shape index (κ1) is 20.1. The van der Waals surface area contributed by atoms with E-state index in [0.29, 0.717) is 0 Å². The van der Waals surface area contributed by atoms with Gasteiger partial charge in [-0.15, -0.1) is 0 Å². The van der Waals surface area contributed by atoms with E-state index in [1.807, 2.05) is 57.6 Å². The molecule has 0 saturated carbocycles. The molecule has 0 heterocycles. The predicted octanol–water partition coefficient (Wildman–Crippen LogP) is 2.82. The van der Waals surface area contributed by atoms with Gasteiger partial charge in [-0.2, -0.15) is 8.42 Å². The largest absolute Gasteiger partial charge is 0.386 e. The lowest BCUT2D eigenvalue weighted by atomic mass is 10.3. The first-order valence-corrected chi connectivity index (χ1v) is 8.93. The zero-order valence-electron chi connectivity index (χ0n) is 13.1. The van der Waals surface area contributed by atoms with E-state index >= 15 is 0 Å². The fraction of sp³-hybridized carbons (Fsp3) is 0.600. The molecule has 1 atom stereocenters. The maximum Gasteiger partial charge on any atom is 0.267 e. The molecular formula is C15H28NO4S+. The Kier molecular flexibility index (Phi) is 9.44. The Balaban J connectivity index is 5.37. The summed E-state index contributed by atoms with van der Waals surface area (Å²) in [6.07, 6.45) is 13.1. The Morgan fingerprint density at radius 3 is 1.62 bits per heavy atom. The predicted molar refractivity (Wildman–Crippen MR) is 85.8 cm³/mol. The number of aliphatic hydroxyl groups excluding tert-OH is 1. The number of quaternary nitrogens is 1. The Morgan fingerprint density at radius 1 is 0.952 bits per heavy atom. The van der Waals surface area contributed by atoms with E-state index in [0.717, 1.165) is 19.3 Å². The van der Waals surface area contributed by atoms with Crippen molar-refractivity contribution in [2.75, 3.05) is 12.3 Å². The molecule has 21 heavy (non-hydrogen) atoms. The van der Waals surface area contributed by atoms with Gasteiger partial charge in [0.1, 0.15) is 37.0 Å². The molecule has 0 bridgehead atoms. The van der Waals surface area contributed by atoms with Gasteiger partial charge < -0.3 is 5.11 Å². The monoisotopic (exact) mass is 318 g/mol. The first-order chi connectivity index (χ1) is 9.78. The van der Waals surface area contributed by atoms with Crippen molar-refractivity contribution in [2.24, 2.45) is 0 Å². The summed E-state index contributed by atoms with van der Waals surface area (Å²) in [4.78, 5) is 0. The Labute approximate surface area is 128 Å². The van der Waals surface area contributed by atoms with Crippen LogP contribution in [0.1, 0.15) is 40.0 Å². The van der Waals surface area contributed by atoms with Crippen molar-refractivity contribution in [3.05, 3.63) is 36.8 Å². The summed E-state index contributed by atoms with van der Waals surface area (Å²) >= 11 is 0. The molecule has 0 aromatic carbocycles. The van der Waals surface area contributed by atoms with Gasteiger partial charge in [0.15, 0.2) is 0 Å². The average molecular weight is 318 g/mol. The Morgan fingerprint density at radius 2 is 1.33 bits per heavy atom. The second kappa shape index (κ2) is 9.89. The minimum atomic E-state index is -4.19. The molecule has 0 spiro atoms. The number of rotatable bonds is 10. The minimum absolute atomic E-state index is 0.156. The number of hydrogen-bond acceptors (Lipinski definition) is 3. The van der Waals surface area contributed by atoms with Crippen molar-refractivity contribution in [3.8, 4) is 0 Å². The molecule has 0 fully saturated rings. The standard InChI is InChI=1S/C15H27NO4S/c1-4-7-10-16(11-8-5-2,12-9-6-3)13-15(17)14-21(18,19)20/h7-12,15,17H,4-6,13-14H2,1-3H3/p+1/b10-7+,11-8+,12-9+. The van der Waals surface area contributed by atoms with Crippen molar-refractivity contribution in [2.45, 2.75) is 46.1 Å². The number of aliphatic hydroxyl groups is 1. The van der Waals surface area contributed by atoms with Crippen LogP contribution in [-0.4, -0.2) is 41.0 Å². The maximum atomic E-state index is 10.9. The molecule has 0 aromatic heterocycles. The zero-order valence-corrected chi connectivity index (χ0v) is 14.0. The molecule has 122 valence electrons. The van der Waals surface area contributed by atoms with Crippen LogP contribution in [0.5, 0.6) is 0 Å². The van der Waals surface area contributed by atoms with Crippen molar-refractivity contribution in [3.63, 3.8) is 0 Å². The van der Waals surface area contributed by atoms with Gasteiger partial charge in [0.25, 0.3) is 10.1 Å². The van der Waals surface area contributed by atoms with Crippen LogP contribution in [0.25, 0.3) is 0 Å². The van der Waals surface area contributed by atoms with Gasteiger partial charge in [-0.1, -0.05) is 20.8 Å². The highest BCUT2D eigenvalue weighted by molar-refractivity contribution is 7.85. The third-order valence-corrected chi connectivity index (χ3v) is 3.59. The maximum absolute atomic E-state index is 10.9. The Hall–Kier alpha value is -0.950. The SMILES string of the molecule is CC/C=C/[N+](/C=C/CC)(/C=C/CC)CC(O)CS(=O)(=O)O. The topological polar surface area (TPSA) is 74.6 Å². The molecule has 0 rings (SSSR count). The summed E-state index contributed by atoms with van der Waals surface area (Å²) in [6, 6.07) is 0. The number of nitrogens with zero attached hydrogens (tertiary/aromatic N) is 1. The third-order valence-electron chi connectivity index (χ3n) is 2.79. The third kappa shape index (κ3) is 9.57. The normalized spacial score (nSPS) is 15.5. The highest BCUT2D eigenvalue weighted by Gasteiger charge is 2.26. The average Bonchev–Trinajstić information content (AvgIpc) is 2.38. The molecule has 0 saturated heterocycles. The smallest absolute Gasteiger partial charge is 0.267 e. The van der Waals surface area contributed by atoms with Crippen LogP contribution in [0.3, 0.4) is 0 Å². The molecule has 0 aliphatic rings. The second-order valence-electron chi connectivity index (χ2n) is 4.96. The lowest BCUT2D eigenvalue weighted by Crippen LogP contribution is -2.41. The Bertz CT molecular complexity index is 430. The van der Waals surface area contributed by atoms with Crippen LogP contribution in [0.4, 0.5) is 0 Å². The quantitative estimate of drug-likeness (QED) is 0.480. The fourth-order valence-electron chi connectivity index (χ4n) is 1.90. The molecule has 0 aliphatic carbocycles. The van der Waals surface area contributed by atoms with Crippen LogP contribution in [-0.2, 0) is 10.1 Å². The van der Waals surface area contributed by atoms with E-state index in [1.54, 1.807) is 0 Å². The van der Waals surface area contributed by atoms with Crippen molar-refractivity contribution in [1.29, 1.82) is 0 Å². The second-order valence-corrected chi connectivity index (χ2v) is 6.46. The summed E-state index contributed by atoms with van der Waals surface area (Å²) in [5.74, 6) is -0.660. The summed E-state index contributed by atoms with van der Waals surface area (Å²) < 4.78 is 30.9. The van der Waals surface area contributed by atoms with Gasteiger partial charge >= 0.3 is 0 Å². The lowest BCUT2D eigenvalue weighted by Gasteiger charge is -2.28.